The zero-order chi connectivity index (χ0) is 46.3. The number of unbranched alkanes of at least 4 members (excludes halogenated alkanes) is 4. The van der Waals surface area contributed by atoms with Crippen molar-refractivity contribution >= 4 is 42.9 Å². The Hall–Kier alpha value is -5.68. The van der Waals surface area contributed by atoms with Crippen molar-refractivity contribution in [3.63, 3.8) is 0 Å². The van der Waals surface area contributed by atoms with Crippen molar-refractivity contribution in [2.24, 2.45) is 0 Å². The van der Waals surface area contributed by atoms with Crippen molar-refractivity contribution in [1.29, 1.82) is 0 Å². The van der Waals surface area contributed by atoms with Gasteiger partial charge < -0.3 is 35.0 Å². The number of aliphatic hydroxyl groups excluding tert-OH is 1. The van der Waals surface area contributed by atoms with Crippen LogP contribution in [0.5, 0.6) is 0 Å². The molecule has 6 rings (SSSR count). The van der Waals surface area contributed by atoms with E-state index in [9.17, 15) is 43.6 Å². The van der Waals surface area contributed by atoms with Gasteiger partial charge in [-0.1, -0.05) is 43.5 Å². The first-order valence-electron chi connectivity index (χ1n) is 21.2. The normalized spacial score (nSPS) is 18.0. The molecule has 1 aliphatic heterocycles. The van der Waals surface area contributed by atoms with Crippen LogP contribution in [0.4, 0.5) is 11.4 Å². The molecule has 5 N–H and O–H groups in total. The van der Waals surface area contributed by atoms with E-state index in [1.165, 1.54) is 18.3 Å². The highest BCUT2D eigenvalue weighted by atomic mass is 31.2. The Kier molecular flexibility index (Phi) is 15.6. The molecule has 0 radical (unpaired) electrons. The van der Waals surface area contributed by atoms with Gasteiger partial charge in [0.05, 0.1) is 17.7 Å². The van der Waals surface area contributed by atoms with Gasteiger partial charge >= 0.3 is 19.5 Å². The van der Waals surface area contributed by atoms with E-state index in [1.807, 2.05) is 28.2 Å². The summed E-state index contributed by atoms with van der Waals surface area (Å²) in [5.41, 5.74) is 6.00. The topological polar surface area (TPSA) is 230 Å². The molecule has 1 aliphatic carbocycles. The highest BCUT2D eigenvalue weighted by molar-refractivity contribution is 7.47. The number of Topliss-reactive ketones (excluding diaryl/α,β-unsaturated/α-hetero) is 1. The number of ketones is 1. The average Bonchev–Trinajstić information content (AvgIpc) is 3.66. The maximum atomic E-state index is 13.4. The molecule has 0 saturated carbocycles. The monoisotopic (exact) mass is 901 g/mol. The molecule has 1 aromatic heterocycles. The van der Waals surface area contributed by atoms with Crippen molar-refractivity contribution in [3.8, 4) is 0 Å². The molecule has 4 aromatic rings. The molecule has 1 fully saturated rings. The van der Waals surface area contributed by atoms with E-state index < -0.39 is 56.0 Å². The number of aromatic carboxylic acids is 1. The lowest BCUT2D eigenvalue weighted by atomic mass is 9.73. The molecule has 1 unspecified atom stereocenters. The average molecular weight is 902 g/mol. The number of nitrogens with one attached hydrogen (secondary N) is 2. The van der Waals surface area contributed by atoms with Crippen LogP contribution >= 0.6 is 7.82 Å². The number of ether oxygens (including phenoxy) is 1. The number of rotatable bonds is 20. The first-order valence-corrected chi connectivity index (χ1v) is 22.6. The minimum Gasteiger partial charge on any atom is -0.478 e. The summed E-state index contributed by atoms with van der Waals surface area (Å²) in [6, 6.07) is 17.7. The number of aliphatic hydroxyl groups is 1. The maximum absolute atomic E-state index is 13.4. The standard InChI is InChI=1S/C46H56N5O12P/c1-49(2)32-14-17-34-30(22-32)21-31-23-33(50(3)4)15-18-35(31)43(34)36-16-12-28(24-37(36)45(56)57)38(53)11-9-7-6-8-10-20-47-41(54)19-13-29-26-51(46(58)48-44(29)55)42-25-39(40(27-52)62-42)63-64(59,60)61-5/h12-19,22-24,26,39-40,42-43,52H,6-11,20-21,25,27H2,1-5H3,(H,47,54)(H,56,57)(H,59,60)(H,48,55,58)/b19-13+/t39-,40-,42-/m1/s1. The van der Waals surface area contributed by atoms with Gasteiger partial charge in [0.2, 0.25) is 5.91 Å². The van der Waals surface area contributed by atoms with Crippen molar-refractivity contribution in [2.75, 3.05) is 58.3 Å². The first kappa shape index (κ1) is 47.8. The lowest BCUT2D eigenvalue weighted by molar-refractivity contribution is -0.116. The van der Waals surface area contributed by atoms with E-state index >= 15 is 0 Å². The smallest absolute Gasteiger partial charge is 0.472 e. The third-order valence-corrected chi connectivity index (χ3v) is 12.7. The number of carboxylic acids is 1. The Morgan fingerprint density at radius 2 is 1.55 bits per heavy atom. The second-order valence-electron chi connectivity index (χ2n) is 16.4. The number of hydrogen-bond donors (Lipinski definition) is 5. The van der Waals surface area contributed by atoms with Crippen LogP contribution in [0.15, 0.2) is 76.5 Å². The van der Waals surface area contributed by atoms with E-state index in [2.05, 4.69) is 61.0 Å². The molecule has 0 spiro atoms. The van der Waals surface area contributed by atoms with E-state index in [0.29, 0.717) is 30.5 Å². The van der Waals surface area contributed by atoms with Crippen LogP contribution in [-0.2, 0) is 29.6 Å². The number of benzene rings is 3. The van der Waals surface area contributed by atoms with Gasteiger partial charge in [0.1, 0.15) is 18.4 Å². The summed E-state index contributed by atoms with van der Waals surface area (Å²) in [7, 11) is 4.54. The van der Waals surface area contributed by atoms with Crippen molar-refractivity contribution in [2.45, 2.75) is 75.7 Å². The number of H-pyrrole nitrogens is 1. The number of anilines is 2. The Bertz CT molecular complexity index is 2510. The van der Waals surface area contributed by atoms with Crippen molar-refractivity contribution in [3.05, 3.63) is 132 Å². The second kappa shape index (κ2) is 20.9. The quantitative estimate of drug-likeness (QED) is 0.0292. The number of carboxylic acid groups (broad SMARTS) is 1. The Morgan fingerprint density at radius 1 is 0.922 bits per heavy atom. The number of hydrogen-bond acceptors (Lipinski definition) is 12. The summed E-state index contributed by atoms with van der Waals surface area (Å²) in [6.45, 7) is -0.214. The minimum atomic E-state index is -4.42. The van der Waals surface area contributed by atoms with E-state index in [1.54, 1.807) is 12.1 Å². The minimum absolute atomic E-state index is 0.0314. The molecule has 342 valence electrons. The van der Waals surface area contributed by atoms with Crippen molar-refractivity contribution < 1.29 is 47.8 Å². The maximum Gasteiger partial charge on any atom is 0.472 e. The van der Waals surface area contributed by atoms with Gasteiger partial charge in [0, 0.05) is 89.8 Å². The Balaban J connectivity index is 0.991. The summed E-state index contributed by atoms with van der Waals surface area (Å²) in [6.07, 6.45) is 4.91. The third-order valence-electron chi connectivity index (χ3n) is 11.7. The Morgan fingerprint density at radius 3 is 2.16 bits per heavy atom. The van der Waals surface area contributed by atoms with Crippen LogP contribution in [0, 0.1) is 0 Å². The predicted molar refractivity (Wildman–Crippen MR) is 241 cm³/mol. The number of nitrogens with zero attached hydrogens (tertiary/aromatic N) is 3. The highest BCUT2D eigenvalue weighted by Crippen LogP contribution is 2.47. The zero-order valence-corrected chi connectivity index (χ0v) is 37.5. The third kappa shape index (κ3) is 11.3. The van der Waals surface area contributed by atoms with Gasteiger partial charge in [-0.2, -0.15) is 0 Å². The number of phosphoric ester groups is 1. The molecule has 1 amide bonds. The SMILES string of the molecule is COP(=O)(O)O[C@@H]1C[C@H](n2cc(/C=C/C(=O)NCCCCCCCC(=O)c3ccc(C4c5ccc(N(C)C)cc5Cc5cc(N(C)C)ccc54)c(C(=O)O)c3)c(=O)[nH]c2=O)O[C@@H]1CO. The number of phosphoric acid groups is 1. The van der Waals surface area contributed by atoms with Gasteiger partial charge in [0.15, 0.2) is 5.78 Å². The van der Waals surface area contributed by atoms with Gasteiger partial charge in [-0.3, -0.25) is 33.0 Å². The van der Waals surface area contributed by atoms with Crippen LogP contribution in [0.1, 0.15) is 111 Å². The molecular formula is C46H56N5O12P. The summed E-state index contributed by atoms with van der Waals surface area (Å²) in [5.74, 6) is -2.00. The lowest BCUT2D eigenvalue weighted by Gasteiger charge is -2.32. The highest BCUT2D eigenvalue weighted by Gasteiger charge is 2.41. The number of fused-ring (bicyclic) bond motifs is 2. The Labute approximate surface area is 370 Å². The fourth-order valence-corrected chi connectivity index (χ4v) is 8.85. The summed E-state index contributed by atoms with van der Waals surface area (Å²) in [5, 5.41) is 22.9. The number of carbonyl (C=O) groups excluding carboxylic acids is 2. The van der Waals surface area contributed by atoms with E-state index in [4.69, 9.17) is 9.26 Å². The van der Waals surface area contributed by atoms with Crippen LogP contribution < -0.4 is 26.4 Å². The van der Waals surface area contributed by atoms with Gasteiger partial charge in [-0.15, -0.1) is 0 Å². The fraction of sp³-hybridized carbons (Fsp3) is 0.413. The molecule has 17 nitrogen and oxygen atoms in total. The van der Waals surface area contributed by atoms with Gasteiger partial charge in [-0.05, 0) is 83.5 Å². The number of aromatic nitrogens is 2. The molecule has 1 saturated heterocycles. The number of carbonyl (C=O) groups is 3. The van der Waals surface area contributed by atoms with Crippen LogP contribution in [0.2, 0.25) is 0 Å². The zero-order valence-electron chi connectivity index (χ0n) is 36.6. The molecular weight excluding hydrogens is 846 g/mol. The lowest BCUT2D eigenvalue weighted by Crippen LogP contribution is -2.33. The van der Waals surface area contributed by atoms with Gasteiger partial charge in [-0.25, -0.2) is 14.2 Å². The first-order chi connectivity index (χ1) is 30.5. The summed E-state index contributed by atoms with van der Waals surface area (Å²) >= 11 is 0. The van der Waals surface area contributed by atoms with Crippen LogP contribution in [0.25, 0.3) is 6.08 Å². The number of amides is 1. The number of aromatic amines is 1. The fourth-order valence-electron chi connectivity index (χ4n) is 8.20. The van der Waals surface area contributed by atoms with E-state index in [0.717, 1.165) is 77.1 Å². The molecule has 0 bridgehead atoms. The molecule has 4 atom stereocenters. The molecule has 18 heteroatoms. The van der Waals surface area contributed by atoms with Crippen molar-refractivity contribution in [1.82, 2.24) is 14.9 Å². The van der Waals surface area contributed by atoms with Crippen LogP contribution in [-0.4, -0.2) is 103 Å². The van der Waals surface area contributed by atoms with Crippen LogP contribution in [0.3, 0.4) is 0 Å². The molecule has 2 heterocycles. The molecule has 2 aliphatic rings. The molecule has 64 heavy (non-hydrogen) atoms. The van der Waals surface area contributed by atoms with Gasteiger partial charge in [0.25, 0.3) is 5.56 Å². The largest absolute Gasteiger partial charge is 0.478 e. The molecule has 3 aromatic carbocycles. The summed E-state index contributed by atoms with van der Waals surface area (Å²) < 4.78 is 28.1. The predicted octanol–water partition coefficient (Wildman–Crippen LogP) is 5.22. The second-order valence-corrected chi connectivity index (χ2v) is 17.9. The summed E-state index contributed by atoms with van der Waals surface area (Å²) in [4.78, 5) is 79.7. The van der Waals surface area contributed by atoms with E-state index in [-0.39, 0.29) is 35.7 Å².